The number of hydrogen-bond acceptors (Lipinski definition) is 5. The molecule has 7 heteroatoms. The fourth-order valence-corrected chi connectivity index (χ4v) is 4.87. The highest BCUT2D eigenvalue weighted by Gasteiger charge is 2.46. The Labute approximate surface area is 161 Å². The Morgan fingerprint density at radius 1 is 1.23 bits per heavy atom. The smallest absolute Gasteiger partial charge is 0.145 e. The number of halogens is 2. The number of aromatic nitrogens is 1. The number of aliphatic hydroxyl groups is 1. The van der Waals surface area contributed by atoms with Crippen LogP contribution in [-0.2, 0) is 11.3 Å². The van der Waals surface area contributed by atoms with Gasteiger partial charge in [0.2, 0.25) is 0 Å². The van der Waals surface area contributed by atoms with E-state index in [0.29, 0.717) is 39.9 Å². The second-order valence-electron chi connectivity index (χ2n) is 7.54. The van der Waals surface area contributed by atoms with E-state index in [1.165, 1.54) is 0 Å². The molecule has 2 aromatic rings. The molecule has 138 valence electrons. The van der Waals surface area contributed by atoms with Crippen LogP contribution in [0.5, 0.6) is 0 Å². The van der Waals surface area contributed by atoms with Crippen molar-refractivity contribution in [1.82, 2.24) is 10.5 Å². The lowest BCUT2D eigenvalue weighted by Crippen LogP contribution is -2.42. The van der Waals surface area contributed by atoms with Crippen LogP contribution >= 0.6 is 23.2 Å². The number of aliphatic hydroxyl groups excluding tert-OH is 1. The van der Waals surface area contributed by atoms with E-state index in [1.54, 1.807) is 12.1 Å². The van der Waals surface area contributed by atoms with E-state index in [2.05, 4.69) is 10.5 Å². The van der Waals surface area contributed by atoms with Crippen LogP contribution in [0.25, 0.3) is 11.3 Å². The van der Waals surface area contributed by atoms with Gasteiger partial charge in [0.1, 0.15) is 17.7 Å². The molecule has 0 spiro atoms. The summed E-state index contributed by atoms with van der Waals surface area (Å²) in [7, 11) is 0. The van der Waals surface area contributed by atoms with Crippen molar-refractivity contribution in [3.63, 3.8) is 0 Å². The SMILES string of the molecule is OC1N[C@@H]2C[C@@H](OCc3c(-c4c(Cl)cccc4Cl)noc3C3CC3)[C@H]1C2. The molecule has 5 nitrogen and oxygen atoms in total. The van der Waals surface area contributed by atoms with Gasteiger partial charge in [0.25, 0.3) is 0 Å². The lowest BCUT2D eigenvalue weighted by Gasteiger charge is -2.27. The summed E-state index contributed by atoms with van der Waals surface area (Å²) >= 11 is 12.8. The van der Waals surface area contributed by atoms with Gasteiger partial charge in [-0.1, -0.05) is 34.4 Å². The summed E-state index contributed by atoms with van der Waals surface area (Å²) in [6, 6.07) is 5.77. The molecule has 5 rings (SSSR count). The molecule has 0 radical (unpaired) electrons. The van der Waals surface area contributed by atoms with Gasteiger partial charge in [-0.05, 0) is 37.8 Å². The van der Waals surface area contributed by atoms with Crippen molar-refractivity contribution in [3.05, 3.63) is 39.6 Å². The van der Waals surface area contributed by atoms with Crippen LogP contribution in [0.3, 0.4) is 0 Å². The molecule has 2 N–H and O–H groups in total. The Kier molecular flexibility index (Phi) is 4.25. The summed E-state index contributed by atoms with van der Waals surface area (Å²) in [4.78, 5) is 0. The Morgan fingerprint density at radius 3 is 2.65 bits per heavy atom. The zero-order chi connectivity index (χ0) is 17.8. The molecule has 1 aromatic carbocycles. The molecular formula is C19H20Cl2N2O3. The van der Waals surface area contributed by atoms with Gasteiger partial charge < -0.3 is 14.4 Å². The predicted octanol–water partition coefficient (Wildman–Crippen LogP) is 4.11. The van der Waals surface area contributed by atoms with E-state index >= 15 is 0 Å². The highest BCUT2D eigenvalue weighted by atomic mass is 35.5. The standard InChI is InChI=1S/C19H20Cl2N2O3/c20-13-2-1-3-14(21)16(13)17-12(18(26-23-17)9-4-5-9)8-25-15-7-10-6-11(15)19(24)22-10/h1-3,9-11,15,19,22,24H,4-8H2/t10-,11+,15+,19?/m0/s1. The molecule has 2 bridgehead atoms. The highest BCUT2D eigenvalue weighted by Crippen LogP contribution is 2.46. The zero-order valence-corrected chi connectivity index (χ0v) is 15.6. The molecule has 2 heterocycles. The Bertz CT molecular complexity index is 816. The van der Waals surface area contributed by atoms with Crippen LogP contribution < -0.4 is 5.32 Å². The zero-order valence-electron chi connectivity index (χ0n) is 14.1. The van der Waals surface area contributed by atoms with Crippen LogP contribution in [0, 0.1) is 5.92 Å². The van der Waals surface area contributed by atoms with Gasteiger partial charge in [0.15, 0.2) is 0 Å². The number of ether oxygens (including phenoxy) is 1. The van der Waals surface area contributed by atoms with Gasteiger partial charge in [-0.25, -0.2) is 0 Å². The van der Waals surface area contributed by atoms with Gasteiger partial charge >= 0.3 is 0 Å². The van der Waals surface area contributed by atoms with Gasteiger partial charge in [0.05, 0.1) is 22.8 Å². The van der Waals surface area contributed by atoms with E-state index in [-0.39, 0.29) is 12.0 Å². The number of fused-ring (bicyclic) bond motifs is 2. The minimum atomic E-state index is -0.471. The summed E-state index contributed by atoms with van der Waals surface area (Å²) in [5.74, 6) is 1.44. The molecule has 1 aromatic heterocycles. The minimum absolute atomic E-state index is 0.0489. The van der Waals surface area contributed by atoms with Crippen molar-refractivity contribution in [1.29, 1.82) is 0 Å². The second-order valence-corrected chi connectivity index (χ2v) is 8.35. The fraction of sp³-hybridized carbons (Fsp3) is 0.526. The van der Waals surface area contributed by atoms with Crippen molar-refractivity contribution in [3.8, 4) is 11.3 Å². The number of piperidine rings is 1. The summed E-state index contributed by atoms with van der Waals surface area (Å²) in [5.41, 5.74) is 2.30. The van der Waals surface area contributed by atoms with Crippen LogP contribution in [0.2, 0.25) is 10.0 Å². The molecule has 2 saturated carbocycles. The molecule has 4 atom stereocenters. The third kappa shape index (κ3) is 2.86. The number of rotatable bonds is 5. The predicted molar refractivity (Wildman–Crippen MR) is 98.2 cm³/mol. The largest absolute Gasteiger partial charge is 0.378 e. The van der Waals surface area contributed by atoms with Crippen molar-refractivity contribution < 1.29 is 14.4 Å². The quantitative estimate of drug-likeness (QED) is 0.798. The number of nitrogens with one attached hydrogen (secondary N) is 1. The molecule has 3 aliphatic rings. The van der Waals surface area contributed by atoms with Gasteiger partial charge in [-0.15, -0.1) is 0 Å². The average Bonchev–Trinajstić information content (AvgIpc) is 3.09. The lowest BCUT2D eigenvalue weighted by molar-refractivity contribution is -0.0456. The Hall–Kier alpha value is -1.11. The fourth-order valence-electron chi connectivity index (χ4n) is 4.30. The first-order valence-electron chi connectivity index (χ1n) is 9.10. The third-order valence-electron chi connectivity index (χ3n) is 5.77. The lowest BCUT2D eigenvalue weighted by atomic mass is 10.0. The third-order valence-corrected chi connectivity index (χ3v) is 6.40. The summed E-state index contributed by atoms with van der Waals surface area (Å²) in [6.45, 7) is 0.396. The maximum Gasteiger partial charge on any atom is 0.145 e. The monoisotopic (exact) mass is 394 g/mol. The molecule has 1 aliphatic heterocycles. The first-order valence-corrected chi connectivity index (χ1v) is 9.86. The van der Waals surface area contributed by atoms with Gasteiger partial charge in [-0.3, -0.25) is 5.32 Å². The first kappa shape index (κ1) is 17.0. The molecule has 1 saturated heterocycles. The van der Waals surface area contributed by atoms with Gasteiger partial charge in [0, 0.05) is 29.0 Å². The van der Waals surface area contributed by atoms with Crippen molar-refractivity contribution >= 4 is 23.2 Å². The van der Waals surface area contributed by atoms with E-state index in [4.69, 9.17) is 32.5 Å². The normalized spacial score (nSPS) is 30.3. The van der Waals surface area contributed by atoms with Crippen LogP contribution in [-0.4, -0.2) is 28.6 Å². The molecule has 1 unspecified atom stereocenters. The minimum Gasteiger partial charge on any atom is -0.378 e. The van der Waals surface area contributed by atoms with E-state index < -0.39 is 6.23 Å². The topological polar surface area (TPSA) is 67.5 Å². The van der Waals surface area contributed by atoms with E-state index in [0.717, 1.165) is 37.0 Å². The number of hydrogen-bond donors (Lipinski definition) is 2. The number of benzene rings is 1. The Morgan fingerprint density at radius 2 is 2.00 bits per heavy atom. The van der Waals surface area contributed by atoms with Crippen molar-refractivity contribution in [2.75, 3.05) is 0 Å². The summed E-state index contributed by atoms with van der Waals surface area (Å²) in [6.07, 6.45) is 3.68. The van der Waals surface area contributed by atoms with E-state index in [9.17, 15) is 5.11 Å². The number of nitrogens with zero attached hydrogens (tertiary/aromatic N) is 1. The Balaban J connectivity index is 1.45. The van der Waals surface area contributed by atoms with Crippen molar-refractivity contribution in [2.24, 2.45) is 5.92 Å². The molecule has 26 heavy (non-hydrogen) atoms. The summed E-state index contributed by atoms with van der Waals surface area (Å²) < 4.78 is 11.9. The molecule has 2 aliphatic carbocycles. The van der Waals surface area contributed by atoms with Crippen LogP contribution in [0.1, 0.15) is 42.9 Å². The van der Waals surface area contributed by atoms with Crippen molar-refractivity contribution in [2.45, 2.75) is 56.6 Å². The molecule has 0 amide bonds. The second kappa shape index (κ2) is 6.50. The van der Waals surface area contributed by atoms with E-state index in [1.807, 2.05) is 6.07 Å². The van der Waals surface area contributed by atoms with Crippen LogP contribution in [0.4, 0.5) is 0 Å². The molecular weight excluding hydrogens is 375 g/mol. The summed E-state index contributed by atoms with van der Waals surface area (Å²) in [5, 5.41) is 18.6. The highest BCUT2D eigenvalue weighted by molar-refractivity contribution is 6.39. The first-order chi connectivity index (χ1) is 12.6. The average molecular weight is 395 g/mol. The molecule has 3 fully saturated rings. The van der Waals surface area contributed by atoms with Crippen LogP contribution in [0.15, 0.2) is 22.7 Å². The van der Waals surface area contributed by atoms with Gasteiger partial charge in [-0.2, -0.15) is 0 Å². The maximum absolute atomic E-state index is 10.0. The maximum atomic E-state index is 10.0.